The molecule has 0 heterocycles. The van der Waals surface area contributed by atoms with Gasteiger partial charge >= 0.3 is 12.1 Å². The Morgan fingerprint density at radius 3 is 2.40 bits per heavy atom. The Balaban J connectivity index is 3.40. The van der Waals surface area contributed by atoms with E-state index >= 15 is 0 Å². The number of carboxylic acid groups (broad SMARTS) is 1. The molecule has 0 bridgehead atoms. The predicted molar refractivity (Wildman–Crippen MR) is 43.1 cm³/mol. The van der Waals surface area contributed by atoms with E-state index in [1.54, 1.807) is 0 Å². The van der Waals surface area contributed by atoms with Gasteiger partial charge < -0.3 is 5.11 Å². The first-order chi connectivity index (χ1) is 6.86. The fourth-order valence-corrected chi connectivity index (χ4v) is 1.01. The second-order valence-corrected chi connectivity index (χ2v) is 2.68. The first kappa shape index (κ1) is 11.0. The van der Waals surface area contributed by atoms with Gasteiger partial charge in [-0.2, -0.15) is 18.4 Å². The van der Waals surface area contributed by atoms with Crippen molar-refractivity contribution in [3.05, 3.63) is 34.9 Å². The van der Waals surface area contributed by atoms with Crippen LogP contribution in [0, 0.1) is 11.3 Å². The van der Waals surface area contributed by atoms with Crippen LogP contribution in [-0.2, 0) is 6.18 Å². The molecule has 3 nitrogen and oxygen atoms in total. The molecule has 0 aliphatic carbocycles. The van der Waals surface area contributed by atoms with Gasteiger partial charge in [-0.1, -0.05) is 0 Å². The summed E-state index contributed by atoms with van der Waals surface area (Å²) < 4.78 is 37.0. The normalized spacial score (nSPS) is 10.8. The first-order valence-electron chi connectivity index (χ1n) is 3.71. The molecule has 0 saturated carbocycles. The monoisotopic (exact) mass is 215 g/mol. The van der Waals surface area contributed by atoms with Crippen molar-refractivity contribution in [2.75, 3.05) is 0 Å². The minimum atomic E-state index is -4.73. The Bertz CT molecular complexity index is 446. The zero-order valence-corrected chi connectivity index (χ0v) is 7.17. The van der Waals surface area contributed by atoms with Crippen LogP contribution in [0.4, 0.5) is 13.2 Å². The number of hydrogen-bond acceptors (Lipinski definition) is 2. The van der Waals surface area contributed by atoms with Crippen molar-refractivity contribution < 1.29 is 23.1 Å². The van der Waals surface area contributed by atoms with Crippen molar-refractivity contribution in [1.29, 1.82) is 5.26 Å². The molecule has 0 saturated heterocycles. The first-order valence-corrected chi connectivity index (χ1v) is 3.71. The molecule has 1 rings (SSSR count). The zero-order chi connectivity index (χ0) is 11.6. The van der Waals surface area contributed by atoms with Crippen LogP contribution >= 0.6 is 0 Å². The van der Waals surface area contributed by atoms with Gasteiger partial charge in [0.05, 0.1) is 22.8 Å². The average Bonchev–Trinajstić information content (AvgIpc) is 2.15. The average molecular weight is 215 g/mol. The summed E-state index contributed by atoms with van der Waals surface area (Å²) in [5.74, 6) is -1.47. The van der Waals surface area contributed by atoms with Crippen molar-refractivity contribution in [1.82, 2.24) is 0 Å². The maximum Gasteiger partial charge on any atom is 0.417 e. The van der Waals surface area contributed by atoms with Crippen LogP contribution in [0.3, 0.4) is 0 Å². The number of nitriles is 1. The van der Waals surface area contributed by atoms with Gasteiger partial charge in [-0.25, -0.2) is 4.79 Å². The maximum absolute atomic E-state index is 12.3. The van der Waals surface area contributed by atoms with E-state index in [2.05, 4.69) is 0 Å². The molecule has 0 amide bonds. The summed E-state index contributed by atoms with van der Waals surface area (Å²) >= 11 is 0. The van der Waals surface area contributed by atoms with Crippen LogP contribution in [-0.4, -0.2) is 11.1 Å². The highest BCUT2D eigenvalue weighted by molar-refractivity contribution is 5.88. The minimum Gasteiger partial charge on any atom is -0.478 e. The SMILES string of the molecule is N#Cc1ccc(C(=O)O)cc1C(F)(F)F. The van der Waals surface area contributed by atoms with Crippen molar-refractivity contribution in [3.63, 3.8) is 0 Å². The predicted octanol–water partition coefficient (Wildman–Crippen LogP) is 2.28. The summed E-state index contributed by atoms with van der Waals surface area (Å²) in [5, 5.41) is 16.9. The van der Waals surface area contributed by atoms with Crippen molar-refractivity contribution in [2.45, 2.75) is 6.18 Å². The van der Waals surface area contributed by atoms with Gasteiger partial charge in [0.2, 0.25) is 0 Å². The van der Waals surface area contributed by atoms with Gasteiger partial charge in [0.15, 0.2) is 0 Å². The van der Waals surface area contributed by atoms with E-state index in [4.69, 9.17) is 10.4 Å². The number of nitrogens with zero attached hydrogens (tertiary/aromatic N) is 1. The number of rotatable bonds is 1. The maximum atomic E-state index is 12.3. The minimum absolute atomic E-state index is 0.445. The highest BCUT2D eigenvalue weighted by atomic mass is 19.4. The second kappa shape index (κ2) is 3.61. The lowest BCUT2D eigenvalue weighted by molar-refractivity contribution is -0.137. The molecular formula is C9H4F3NO2. The molecule has 15 heavy (non-hydrogen) atoms. The van der Waals surface area contributed by atoms with Gasteiger partial charge in [0.1, 0.15) is 0 Å². The summed E-state index contributed by atoms with van der Waals surface area (Å²) in [7, 11) is 0. The topological polar surface area (TPSA) is 61.1 Å². The molecule has 0 atom stereocenters. The molecule has 1 aromatic carbocycles. The van der Waals surface area contributed by atoms with Crippen molar-refractivity contribution in [2.24, 2.45) is 0 Å². The van der Waals surface area contributed by atoms with Crippen LogP contribution in [0.15, 0.2) is 18.2 Å². The smallest absolute Gasteiger partial charge is 0.417 e. The van der Waals surface area contributed by atoms with Gasteiger partial charge in [0, 0.05) is 0 Å². The van der Waals surface area contributed by atoms with E-state index in [9.17, 15) is 18.0 Å². The quantitative estimate of drug-likeness (QED) is 0.781. The Morgan fingerprint density at radius 1 is 1.40 bits per heavy atom. The molecule has 0 radical (unpaired) electrons. The van der Waals surface area contributed by atoms with Crippen molar-refractivity contribution >= 4 is 5.97 Å². The lowest BCUT2D eigenvalue weighted by Crippen LogP contribution is -2.10. The number of aromatic carboxylic acids is 1. The van der Waals surface area contributed by atoms with Gasteiger partial charge in [-0.3, -0.25) is 0 Å². The number of halogens is 3. The molecule has 78 valence electrons. The third-order valence-corrected chi connectivity index (χ3v) is 1.69. The fraction of sp³-hybridized carbons (Fsp3) is 0.111. The molecular weight excluding hydrogens is 211 g/mol. The number of carbonyl (C=O) groups is 1. The molecule has 6 heteroatoms. The molecule has 1 N–H and O–H groups in total. The highest BCUT2D eigenvalue weighted by Gasteiger charge is 2.34. The Labute approximate surface area is 82.4 Å². The third kappa shape index (κ3) is 2.26. The van der Waals surface area contributed by atoms with E-state index < -0.39 is 28.8 Å². The number of hydrogen-bond donors (Lipinski definition) is 1. The lowest BCUT2D eigenvalue weighted by atomic mass is 10.0. The van der Waals surface area contributed by atoms with Gasteiger partial charge in [0.25, 0.3) is 0 Å². The van der Waals surface area contributed by atoms with E-state index in [0.29, 0.717) is 6.07 Å². The number of benzene rings is 1. The highest BCUT2D eigenvalue weighted by Crippen LogP contribution is 2.32. The van der Waals surface area contributed by atoms with E-state index in [0.717, 1.165) is 12.1 Å². The third-order valence-electron chi connectivity index (χ3n) is 1.69. The standard InChI is InChI=1S/C9H4F3NO2/c10-9(11,12)7-3-5(8(14)15)1-2-6(7)4-13/h1-3H,(H,14,15). The van der Waals surface area contributed by atoms with E-state index in [1.807, 2.05) is 0 Å². The molecule has 0 aliphatic rings. The van der Waals surface area contributed by atoms with Crippen LogP contribution < -0.4 is 0 Å². The lowest BCUT2D eigenvalue weighted by Gasteiger charge is -2.08. The zero-order valence-electron chi connectivity index (χ0n) is 7.17. The molecule has 0 aromatic heterocycles. The van der Waals surface area contributed by atoms with E-state index in [-0.39, 0.29) is 0 Å². The summed E-state index contributed by atoms with van der Waals surface area (Å²) in [4.78, 5) is 10.4. The summed E-state index contributed by atoms with van der Waals surface area (Å²) in [6.45, 7) is 0. The van der Waals surface area contributed by atoms with Gasteiger partial charge in [-0.05, 0) is 18.2 Å². The number of carboxylic acids is 1. The van der Waals surface area contributed by atoms with Gasteiger partial charge in [-0.15, -0.1) is 0 Å². The van der Waals surface area contributed by atoms with Crippen LogP contribution in [0.25, 0.3) is 0 Å². The molecule has 1 aromatic rings. The Morgan fingerprint density at radius 2 is 2.00 bits per heavy atom. The fourth-order valence-electron chi connectivity index (χ4n) is 1.01. The Kier molecular flexibility index (Phi) is 2.66. The summed E-state index contributed by atoms with van der Waals surface area (Å²) in [6.07, 6.45) is -4.73. The Hall–Kier alpha value is -2.03. The second-order valence-electron chi connectivity index (χ2n) is 2.68. The van der Waals surface area contributed by atoms with Crippen LogP contribution in [0.1, 0.15) is 21.5 Å². The summed E-state index contributed by atoms with van der Waals surface area (Å²) in [6, 6.07) is 3.59. The largest absolute Gasteiger partial charge is 0.478 e. The summed E-state index contributed by atoms with van der Waals surface area (Å²) in [5.41, 5.74) is -2.32. The van der Waals surface area contributed by atoms with Crippen LogP contribution in [0.2, 0.25) is 0 Å². The van der Waals surface area contributed by atoms with Crippen molar-refractivity contribution in [3.8, 4) is 6.07 Å². The van der Waals surface area contributed by atoms with Crippen LogP contribution in [0.5, 0.6) is 0 Å². The molecule has 0 spiro atoms. The van der Waals surface area contributed by atoms with E-state index in [1.165, 1.54) is 6.07 Å². The molecule has 0 unspecified atom stereocenters. The number of alkyl halides is 3. The molecule has 0 fully saturated rings. The molecule has 0 aliphatic heterocycles.